The topological polar surface area (TPSA) is 38.3 Å². The van der Waals surface area contributed by atoms with E-state index in [9.17, 15) is 4.79 Å². The molecule has 0 radical (unpaired) electrons. The molecule has 2 rings (SSSR count). The van der Waals surface area contributed by atoms with Crippen LogP contribution in [0.2, 0.25) is 0 Å². The van der Waals surface area contributed by atoms with Gasteiger partial charge in [0.1, 0.15) is 0 Å². The molecule has 0 saturated carbocycles. The van der Waals surface area contributed by atoms with Crippen molar-refractivity contribution in [2.24, 2.45) is 5.92 Å². The molecular formula is C17H25NO2. The molecule has 3 heteroatoms. The van der Waals surface area contributed by atoms with Gasteiger partial charge < -0.3 is 10.1 Å². The second kappa shape index (κ2) is 6.89. The van der Waals surface area contributed by atoms with Crippen LogP contribution in [0.25, 0.3) is 0 Å². The number of ether oxygens (including phenoxy) is 1. The van der Waals surface area contributed by atoms with Gasteiger partial charge in [0.25, 0.3) is 0 Å². The van der Waals surface area contributed by atoms with Crippen molar-refractivity contribution in [2.75, 3.05) is 13.2 Å². The molecular weight excluding hydrogens is 250 g/mol. The van der Waals surface area contributed by atoms with Crippen LogP contribution in [0, 0.1) is 5.92 Å². The molecule has 1 unspecified atom stereocenters. The van der Waals surface area contributed by atoms with Gasteiger partial charge in [-0.3, -0.25) is 4.79 Å². The lowest BCUT2D eigenvalue weighted by atomic mass is 9.96. The van der Waals surface area contributed by atoms with E-state index in [2.05, 4.69) is 43.4 Å². The Kier molecular flexibility index (Phi) is 5.18. The summed E-state index contributed by atoms with van der Waals surface area (Å²) in [7, 11) is 0. The Morgan fingerprint density at radius 3 is 2.55 bits per heavy atom. The van der Waals surface area contributed by atoms with E-state index in [4.69, 9.17) is 4.74 Å². The number of rotatable bonds is 5. The molecule has 1 heterocycles. The average molecular weight is 275 g/mol. The van der Waals surface area contributed by atoms with Crippen LogP contribution in [0.4, 0.5) is 0 Å². The Morgan fingerprint density at radius 2 is 2.00 bits per heavy atom. The third-order valence-corrected chi connectivity index (χ3v) is 3.79. The molecule has 1 aliphatic rings. The van der Waals surface area contributed by atoms with E-state index in [0.717, 1.165) is 25.0 Å². The van der Waals surface area contributed by atoms with Gasteiger partial charge in [0, 0.05) is 6.61 Å². The highest BCUT2D eigenvalue weighted by Gasteiger charge is 2.21. The summed E-state index contributed by atoms with van der Waals surface area (Å²) in [4.78, 5) is 12.2. The Balaban J connectivity index is 1.93. The maximum Gasteiger partial charge on any atom is 0.227 e. The average Bonchev–Trinajstić information content (AvgIpc) is 2.91. The first-order valence-electron chi connectivity index (χ1n) is 7.53. The number of benzene rings is 1. The van der Waals surface area contributed by atoms with Crippen LogP contribution in [0.5, 0.6) is 0 Å². The van der Waals surface area contributed by atoms with E-state index in [1.54, 1.807) is 0 Å². The van der Waals surface area contributed by atoms with Gasteiger partial charge in [0.05, 0.1) is 18.6 Å². The number of amides is 1. The van der Waals surface area contributed by atoms with Gasteiger partial charge in [0.15, 0.2) is 0 Å². The first-order valence-corrected chi connectivity index (χ1v) is 7.53. The normalized spacial score (nSPS) is 20.1. The summed E-state index contributed by atoms with van der Waals surface area (Å²) in [6.07, 6.45) is 2.01. The van der Waals surface area contributed by atoms with Crippen LogP contribution in [-0.2, 0) is 16.0 Å². The highest BCUT2D eigenvalue weighted by atomic mass is 16.5. The summed E-state index contributed by atoms with van der Waals surface area (Å²) in [6.45, 7) is 7.79. The summed E-state index contributed by atoms with van der Waals surface area (Å²) in [5.41, 5.74) is 2.41. The van der Waals surface area contributed by atoms with Crippen LogP contribution >= 0.6 is 0 Å². The van der Waals surface area contributed by atoms with Crippen molar-refractivity contribution in [1.29, 1.82) is 0 Å². The summed E-state index contributed by atoms with van der Waals surface area (Å²) in [6, 6.07) is 8.61. The monoisotopic (exact) mass is 275 g/mol. The van der Waals surface area contributed by atoms with Gasteiger partial charge in [-0.15, -0.1) is 0 Å². The smallest absolute Gasteiger partial charge is 0.227 e. The molecule has 1 amide bonds. The largest absolute Gasteiger partial charge is 0.379 e. The molecule has 0 spiro atoms. The highest BCUT2D eigenvalue weighted by molar-refractivity contribution is 5.83. The molecule has 0 bridgehead atoms. The van der Waals surface area contributed by atoms with E-state index < -0.39 is 0 Å². The fraction of sp³-hybridized carbons (Fsp3) is 0.588. The van der Waals surface area contributed by atoms with Crippen molar-refractivity contribution in [3.63, 3.8) is 0 Å². The van der Waals surface area contributed by atoms with E-state index in [-0.39, 0.29) is 17.9 Å². The lowest BCUT2D eigenvalue weighted by Gasteiger charge is -2.16. The van der Waals surface area contributed by atoms with Crippen LogP contribution in [0.15, 0.2) is 24.3 Å². The first-order chi connectivity index (χ1) is 9.56. The van der Waals surface area contributed by atoms with E-state index in [0.29, 0.717) is 12.5 Å². The molecule has 20 heavy (non-hydrogen) atoms. The maximum absolute atomic E-state index is 12.2. The lowest BCUT2D eigenvalue weighted by molar-refractivity contribution is -0.122. The van der Waals surface area contributed by atoms with Gasteiger partial charge in [0.2, 0.25) is 5.91 Å². The van der Waals surface area contributed by atoms with E-state index >= 15 is 0 Å². The summed E-state index contributed by atoms with van der Waals surface area (Å²) >= 11 is 0. The molecule has 1 fully saturated rings. The fourth-order valence-corrected chi connectivity index (χ4v) is 2.54. The van der Waals surface area contributed by atoms with Gasteiger partial charge in [-0.25, -0.2) is 0 Å². The van der Waals surface area contributed by atoms with Crippen molar-refractivity contribution >= 4 is 5.91 Å². The zero-order valence-electron chi connectivity index (χ0n) is 12.7. The first kappa shape index (κ1) is 15.0. The minimum absolute atomic E-state index is 0.0945. The van der Waals surface area contributed by atoms with Crippen LogP contribution in [0.1, 0.15) is 44.2 Å². The minimum atomic E-state index is -0.108. The number of hydrogen-bond acceptors (Lipinski definition) is 2. The summed E-state index contributed by atoms with van der Waals surface area (Å²) in [5, 5.41) is 3.06. The Hall–Kier alpha value is -1.35. The number of hydrogen-bond donors (Lipinski definition) is 1. The van der Waals surface area contributed by atoms with Crippen molar-refractivity contribution in [3.8, 4) is 0 Å². The minimum Gasteiger partial charge on any atom is -0.379 e. The predicted molar refractivity (Wildman–Crippen MR) is 80.8 cm³/mol. The zero-order chi connectivity index (χ0) is 14.5. The maximum atomic E-state index is 12.2. The molecule has 1 saturated heterocycles. The van der Waals surface area contributed by atoms with Gasteiger partial charge in [-0.05, 0) is 36.8 Å². The van der Waals surface area contributed by atoms with Crippen molar-refractivity contribution in [3.05, 3.63) is 35.4 Å². The standard InChI is InChI=1S/C17H25NO2/c1-12(2)10-14-4-6-15(7-5-14)13(3)17(19)18-16-8-9-20-11-16/h4-7,12-13,16H,8-11H2,1-3H3,(H,18,19)/t13-,16?/m1/s1. The molecule has 3 nitrogen and oxygen atoms in total. The van der Waals surface area contributed by atoms with Crippen LogP contribution < -0.4 is 5.32 Å². The van der Waals surface area contributed by atoms with Crippen molar-refractivity contribution < 1.29 is 9.53 Å². The molecule has 1 aromatic rings. The Bertz CT molecular complexity index is 433. The molecule has 1 aromatic carbocycles. The SMILES string of the molecule is CC(C)Cc1ccc([C@@H](C)C(=O)NC2CCOC2)cc1. The predicted octanol–water partition coefficient (Wildman–Crippen LogP) is 2.89. The summed E-state index contributed by atoms with van der Waals surface area (Å²) < 4.78 is 5.28. The number of carbonyl (C=O) groups is 1. The van der Waals surface area contributed by atoms with Crippen molar-refractivity contribution in [1.82, 2.24) is 5.32 Å². The highest BCUT2D eigenvalue weighted by Crippen LogP contribution is 2.18. The molecule has 110 valence electrons. The third-order valence-electron chi connectivity index (χ3n) is 3.79. The molecule has 0 aromatic heterocycles. The fourth-order valence-electron chi connectivity index (χ4n) is 2.54. The molecule has 0 aliphatic carbocycles. The van der Waals surface area contributed by atoms with E-state index in [1.165, 1.54) is 5.56 Å². The quantitative estimate of drug-likeness (QED) is 0.897. The van der Waals surface area contributed by atoms with Crippen LogP contribution in [-0.4, -0.2) is 25.2 Å². The Morgan fingerprint density at radius 1 is 1.30 bits per heavy atom. The lowest BCUT2D eigenvalue weighted by Crippen LogP contribution is -2.37. The third kappa shape index (κ3) is 4.07. The molecule has 1 aliphatic heterocycles. The molecule has 1 N–H and O–H groups in total. The van der Waals surface area contributed by atoms with Gasteiger partial charge >= 0.3 is 0 Å². The Labute approximate surface area is 121 Å². The van der Waals surface area contributed by atoms with E-state index in [1.807, 2.05) is 6.92 Å². The molecule has 2 atom stereocenters. The van der Waals surface area contributed by atoms with Gasteiger partial charge in [-0.2, -0.15) is 0 Å². The van der Waals surface area contributed by atoms with Crippen molar-refractivity contribution in [2.45, 2.75) is 45.6 Å². The number of nitrogens with one attached hydrogen (secondary N) is 1. The van der Waals surface area contributed by atoms with Crippen LogP contribution in [0.3, 0.4) is 0 Å². The second-order valence-corrected chi connectivity index (χ2v) is 6.13. The second-order valence-electron chi connectivity index (χ2n) is 6.13. The number of carbonyl (C=O) groups excluding carboxylic acids is 1. The van der Waals surface area contributed by atoms with Gasteiger partial charge in [-0.1, -0.05) is 38.1 Å². The summed E-state index contributed by atoms with van der Waals surface area (Å²) in [5.74, 6) is 0.643. The zero-order valence-corrected chi connectivity index (χ0v) is 12.7.